The molecule has 2 aliphatic heterocycles. The number of ether oxygens (including phenoxy) is 6. The van der Waals surface area contributed by atoms with Crippen molar-refractivity contribution in [3.05, 3.63) is 135 Å². The van der Waals surface area contributed by atoms with Crippen LogP contribution in [0, 0.1) is 81.3 Å². The van der Waals surface area contributed by atoms with Crippen LogP contribution < -0.4 is 16.8 Å². The average Bonchev–Trinajstić information content (AvgIpc) is 2.59. The molecule has 462 valence electrons. The van der Waals surface area contributed by atoms with E-state index >= 15 is 0 Å². The summed E-state index contributed by atoms with van der Waals surface area (Å²) in [5.74, 6) is -2.34. The Kier molecular flexibility index (Phi) is 47.5. The van der Waals surface area contributed by atoms with E-state index in [1.54, 1.807) is 76.2 Å². The molecule has 85 heavy (non-hydrogen) atoms. The van der Waals surface area contributed by atoms with Crippen molar-refractivity contribution in [2.24, 2.45) is 11.5 Å². The van der Waals surface area contributed by atoms with Crippen molar-refractivity contribution < 1.29 is 129 Å². The van der Waals surface area contributed by atoms with Gasteiger partial charge in [-0.15, -0.1) is 17.9 Å². The van der Waals surface area contributed by atoms with E-state index in [1.165, 1.54) is 35.8 Å². The Labute approximate surface area is 568 Å². The summed E-state index contributed by atoms with van der Waals surface area (Å²) in [6, 6.07) is 25.3. The number of benzene rings is 4. The minimum absolute atomic E-state index is 0. The molecular weight excluding hydrogens is 1650 g/mol. The number of carbonyl (C=O) groups excluding carboxylic acids is 8. The number of nitrogens with two attached hydrogens (primary N) is 2. The molecule has 4 aromatic rings. The van der Waals surface area contributed by atoms with Gasteiger partial charge in [0.25, 0.3) is 17.8 Å². The Morgan fingerprint density at radius 3 is 1.40 bits per heavy atom. The summed E-state index contributed by atoms with van der Waals surface area (Å²) in [6.07, 6.45) is 2.43. The van der Waals surface area contributed by atoms with E-state index in [4.69, 9.17) is 52.1 Å². The number of aryl methyl sites for hydroxylation is 1. The van der Waals surface area contributed by atoms with Crippen LogP contribution >= 0.6 is 31.5 Å². The number of ketones is 2. The SMILES string of the molecule is C.CC(=O)c1ccc(P(P)[S-])cc1C(C)=O.CC(C)OC(=O)c1c[c-]ccc1C(=O)OC(C)C.CP(P)[S-].Cc1ccc2c(c1)C(=O)N(CCCOCCOCCCN1C(=O)c3c[c-]ccc3C1=O)C2=O.NCCCOCCOCCCN.[U+2].[U+2]. The molecule has 0 spiro atoms. The molecule has 0 fully saturated rings. The van der Waals surface area contributed by atoms with Gasteiger partial charge >= 0.3 is 68.2 Å². The topological polar surface area (TPSA) is 250 Å². The molecule has 4 atom stereocenters. The Morgan fingerprint density at radius 2 is 0.965 bits per heavy atom. The van der Waals surface area contributed by atoms with E-state index < -0.39 is 18.8 Å². The van der Waals surface area contributed by atoms with Crippen LogP contribution in [-0.2, 0) is 52.9 Å². The fourth-order valence-corrected chi connectivity index (χ4v) is 8.55. The molecule has 0 radical (unpaired) electrons. The zero-order valence-electron chi connectivity index (χ0n) is 49.0. The maximum absolute atomic E-state index is 12.4. The zero-order valence-corrected chi connectivity index (χ0v) is 63.1. The number of Topliss-reactive ketones (excluding diaryl/α,β-unsaturated/α-hetero) is 2. The third kappa shape index (κ3) is 31.8. The number of hydrogen-bond donors (Lipinski definition) is 2. The fourth-order valence-electron chi connectivity index (χ4n) is 7.25. The molecule has 2 heterocycles. The van der Waals surface area contributed by atoms with Gasteiger partial charge in [-0.05, 0) is 122 Å². The first kappa shape index (κ1) is 84.8. The molecule has 4 aromatic carbocycles. The van der Waals surface area contributed by atoms with E-state index in [0.29, 0.717) is 112 Å². The van der Waals surface area contributed by atoms with E-state index in [9.17, 15) is 38.4 Å². The molecule has 0 saturated carbocycles. The number of hydrogen-bond acceptors (Lipinski definition) is 18. The first-order chi connectivity index (χ1) is 39.0. The second-order valence-electron chi connectivity index (χ2n) is 18.6. The second-order valence-corrected chi connectivity index (χ2v) is 29.9. The van der Waals surface area contributed by atoms with Gasteiger partial charge in [-0.3, -0.25) is 43.4 Å². The maximum atomic E-state index is 12.4. The van der Waals surface area contributed by atoms with Gasteiger partial charge in [-0.25, -0.2) is 18.4 Å². The van der Waals surface area contributed by atoms with Crippen LogP contribution in [0.5, 0.6) is 0 Å². The number of esters is 2. The molecule has 0 bridgehead atoms. The van der Waals surface area contributed by atoms with Crippen molar-refractivity contribution in [2.45, 2.75) is 93.8 Å². The number of nitrogens with zero attached hydrogens (tertiary/aromatic N) is 2. The number of amides is 4. The molecule has 0 saturated heterocycles. The Bertz CT molecular complexity index is 2640. The predicted octanol–water partition coefficient (Wildman–Crippen LogP) is 9.27. The summed E-state index contributed by atoms with van der Waals surface area (Å²) >= 11 is 9.78. The van der Waals surface area contributed by atoms with E-state index in [2.05, 4.69) is 42.2 Å². The molecule has 26 heteroatoms. The number of fused-ring (bicyclic) bond motifs is 2. The van der Waals surface area contributed by atoms with Crippen LogP contribution in [0.4, 0.5) is 0 Å². The van der Waals surface area contributed by atoms with Crippen molar-refractivity contribution in [1.82, 2.24) is 9.80 Å². The van der Waals surface area contributed by atoms with Crippen molar-refractivity contribution in [1.29, 1.82) is 0 Å². The molecule has 18 nitrogen and oxygen atoms in total. The van der Waals surface area contributed by atoms with Crippen molar-refractivity contribution in [2.75, 3.05) is 85.7 Å². The Morgan fingerprint density at radius 1 is 0.553 bits per heavy atom. The molecule has 4 amide bonds. The molecule has 0 aliphatic carbocycles. The molecule has 6 rings (SSSR count). The predicted molar refractivity (Wildman–Crippen MR) is 340 cm³/mol. The molecule has 4 N–H and O–H groups in total. The van der Waals surface area contributed by atoms with Crippen molar-refractivity contribution in [3.8, 4) is 0 Å². The van der Waals surface area contributed by atoms with Gasteiger partial charge in [0.1, 0.15) is 0 Å². The van der Waals surface area contributed by atoms with E-state index in [-0.39, 0.29) is 135 Å². The van der Waals surface area contributed by atoms with Gasteiger partial charge in [0.05, 0.1) is 49.8 Å². The standard InChI is InChI=1S/C25H25N2O6.C14H17O4.C10H11O2P2S.C8H20N2O2.CH5P2S.CH4.2U/c1-17-8-9-20-21(16-17)25(31)27(24(20)30)11-5-13-33-15-14-32-12-4-10-26-22(28)18-6-2-3-7-19(18)23(26)29;1-9(2)17-13(15)11-7-5-6-8-12(11)14(16)18-10(3)4;1-6(11)9-4-3-8(14(13)15)5-10(9)7(2)12;9-3-1-5-11-7-8-12-6-2-4-10;1-3(2)4;;;/h2,6-9,16H,4-5,10-15H2,1H3;5,7-10H,1-4H3;3-5H,13H2,1-2H3;1-10H2;2H2,1H3;1H4;;/q3*-1;;-1;;2*+2. The van der Waals surface area contributed by atoms with Gasteiger partial charge in [-0.2, -0.15) is 48.5 Å². The van der Waals surface area contributed by atoms with Gasteiger partial charge in [-0.1, -0.05) is 49.0 Å². The van der Waals surface area contributed by atoms with Crippen LogP contribution in [0.2, 0.25) is 0 Å². The summed E-state index contributed by atoms with van der Waals surface area (Å²) in [5.41, 5.74) is 14.6. The van der Waals surface area contributed by atoms with Gasteiger partial charge in [0.2, 0.25) is 11.8 Å². The molecule has 4 unspecified atom stereocenters. The average molecular weight is 1740 g/mol. The molecule has 0 aromatic heterocycles. The summed E-state index contributed by atoms with van der Waals surface area (Å²) in [4.78, 5) is 98.1. The van der Waals surface area contributed by atoms with Crippen molar-refractivity contribution in [3.63, 3.8) is 0 Å². The number of imide groups is 2. The normalized spacial score (nSPS) is 12.4. The summed E-state index contributed by atoms with van der Waals surface area (Å²) in [6.45, 7) is 19.3. The first-order valence-electron chi connectivity index (χ1n) is 26.5. The van der Waals surface area contributed by atoms with Gasteiger partial charge < -0.3 is 64.4 Å². The third-order valence-electron chi connectivity index (χ3n) is 11.0. The minimum Gasteiger partial charge on any atom is -0.755 e. The third-order valence-corrected chi connectivity index (χ3v) is 13.3. The summed E-state index contributed by atoms with van der Waals surface area (Å²) in [5, 5.41) is 0.931. The number of rotatable bonds is 27. The minimum atomic E-state index is -0.732. The van der Waals surface area contributed by atoms with Crippen LogP contribution in [0.25, 0.3) is 0 Å². The zero-order chi connectivity index (χ0) is 61.3. The van der Waals surface area contributed by atoms with Crippen LogP contribution in [-0.4, -0.2) is 155 Å². The quantitative estimate of drug-likeness (QED) is 0.0107. The van der Waals surface area contributed by atoms with Gasteiger partial charge in [0, 0.05) is 50.6 Å². The van der Waals surface area contributed by atoms with E-state index in [0.717, 1.165) is 36.9 Å². The largest absolute Gasteiger partial charge is 2.00 e. The Balaban J connectivity index is 0. The van der Waals surface area contributed by atoms with Crippen LogP contribution in [0.1, 0.15) is 163 Å². The smallest absolute Gasteiger partial charge is 0.755 e. The maximum Gasteiger partial charge on any atom is 2.00 e. The molecule has 2 aliphatic rings. The Hall–Kier alpha value is -2.28. The van der Waals surface area contributed by atoms with Crippen LogP contribution in [0.3, 0.4) is 0 Å². The second kappa shape index (κ2) is 47.6. The summed E-state index contributed by atoms with van der Waals surface area (Å²) < 4.78 is 31.6. The first-order valence-corrected chi connectivity index (χ1v) is 34.9. The summed E-state index contributed by atoms with van der Waals surface area (Å²) in [7, 11) is 5.09. The van der Waals surface area contributed by atoms with Gasteiger partial charge in [0.15, 0.2) is 11.6 Å². The monoisotopic (exact) mass is 1730 g/mol. The van der Waals surface area contributed by atoms with Crippen LogP contribution in [0.15, 0.2) is 72.8 Å². The number of carbonyl (C=O) groups is 8. The van der Waals surface area contributed by atoms with E-state index in [1.807, 2.05) is 25.7 Å². The molecular formula is C59H82N4O14P4S2U2. The van der Waals surface area contributed by atoms with Crippen molar-refractivity contribution >= 4 is 108 Å². The fraction of sp³-hybridized carbons (Fsp3) is 0.458.